The van der Waals surface area contributed by atoms with Gasteiger partial charge < -0.3 is 14.5 Å². The number of methoxy groups -OCH3 is 1. The number of aromatic nitrogens is 6. The Kier molecular flexibility index (Phi) is 7.60. The molecule has 9 heteroatoms. The van der Waals surface area contributed by atoms with Crippen molar-refractivity contribution >= 4 is 11.4 Å². The summed E-state index contributed by atoms with van der Waals surface area (Å²) >= 11 is 0. The van der Waals surface area contributed by atoms with E-state index < -0.39 is 5.60 Å². The van der Waals surface area contributed by atoms with Crippen molar-refractivity contribution in [1.82, 2.24) is 30.0 Å². The van der Waals surface area contributed by atoms with Crippen LogP contribution < -0.4 is 9.80 Å². The molecule has 0 aliphatic heterocycles. The summed E-state index contributed by atoms with van der Waals surface area (Å²) in [6, 6.07) is 22.4. The third-order valence-electron chi connectivity index (χ3n) is 6.79. The lowest BCUT2D eigenvalue weighted by Crippen LogP contribution is -2.19. The summed E-state index contributed by atoms with van der Waals surface area (Å²) in [5, 5.41) is 17.7. The fourth-order valence-corrected chi connectivity index (χ4v) is 4.12. The van der Waals surface area contributed by atoms with Gasteiger partial charge in [-0.15, -0.1) is 10.2 Å². The molecule has 0 fully saturated rings. The minimum absolute atomic E-state index is 0.583. The van der Waals surface area contributed by atoms with Crippen molar-refractivity contribution in [2.24, 2.45) is 0 Å². The standard InChI is InChI=1S/C32H34N8O/c1-32(2,41-7)17-16-23-18-24(30-21-39(35-33-30)28-12-8-26(9-13-28)37(3)4)20-25(19-23)31-22-40(36-34-31)29-14-10-27(11-15-29)38(5)6/h8-15,18-22H,1-7H3. The Hall–Kier alpha value is -4.94. The Balaban J connectivity index is 1.52. The summed E-state index contributed by atoms with van der Waals surface area (Å²) in [6.07, 6.45) is 3.84. The summed E-state index contributed by atoms with van der Waals surface area (Å²) in [5.74, 6) is 6.48. The van der Waals surface area contributed by atoms with Crippen LogP contribution in [-0.2, 0) is 4.74 Å². The van der Waals surface area contributed by atoms with E-state index in [1.807, 2.05) is 96.9 Å². The molecule has 5 aromatic rings. The monoisotopic (exact) mass is 546 g/mol. The minimum atomic E-state index is -0.583. The first kappa shape index (κ1) is 27.6. The second kappa shape index (κ2) is 11.3. The summed E-state index contributed by atoms with van der Waals surface area (Å²) in [5.41, 5.74) is 7.53. The molecule has 0 amide bonds. The SMILES string of the molecule is COC(C)(C)C#Cc1cc(-c2cn(-c3ccc(N(C)C)cc3)nn2)cc(-c2cn(-c3ccc(N(C)C)cc3)nn2)c1. The number of benzene rings is 3. The minimum Gasteiger partial charge on any atom is -0.378 e. The van der Waals surface area contributed by atoms with Gasteiger partial charge in [-0.05, 0) is 80.6 Å². The van der Waals surface area contributed by atoms with E-state index in [0.717, 1.165) is 50.8 Å². The summed E-state index contributed by atoms with van der Waals surface area (Å²) < 4.78 is 9.05. The third kappa shape index (κ3) is 6.29. The fraction of sp³-hybridized carbons (Fsp3) is 0.250. The average Bonchev–Trinajstić information content (AvgIpc) is 3.67. The Morgan fingerprint density at radius 1 is 0.683 bits per heavy atom. The summed E-state index contributed by atoms with van der Waals surface area (Å²) in [6.45, 7) is 3.87. The Labute approximate surface area is 241 Å². The Morgan fingerprint density at radius 2 is 1.12 bits per heavy atom. The molecule has 0 saturated heterocycles. The quantitative estimate of drug-likeness (QED) is 0.263. The second-order valence-electron chi connectivity index (χ2n) is 10.7. The van der Waals surface area contributed by atoms with Crippen molar-refractivity contribution < 1.29 is 4.74 Å². The fourth-order valence-electron chi connectivity index (χ4n) is 4.12. The number of hydrogen-bond acceptors (Lipinski definition) is 7. The lowest BCUT2D eigenvalue weighted by molar-refractivity contribution is 0.0742. The molecule has 0 radical (unpaired) electrons. The van der Waals surface area contributed by atoms with Crippen LogP contribution in [0.5, 0.6) is 0 Å². The van der Waals surface area contributed by atoms with Crippen LogP contribution >= 0.6 is 0 Å². The van der Waals surface area contributed by atoms with Gasteiger partial charge in [0, 0.05) is 63.4 Å². The van der Waals surface area contributed by atoms with Gasteiger partial charge in [0.25, 0.3) is 0 Å². The molecule has 0 spiro atoms. The average molecular weight is 547 g/mol. The molecular weight excluding hydrogens is 512 g/mol. The highest BCUT2D eigenvalue weighted by Gasteiger charge is 2.14. The first-order valence-electron chi connectivity index (χ1n) is 13.3. The zero-order valence-corrected chi connectivity index (χ0v) is 24.5. The molecule has 208 valence electrons. The maximum absolute atomic E-state index is 5.51. The van der Waals surface area contributed by atoms with E-state index >= 15 is 0 Å². The van der Waals surface area contributed by atoms with Crippen LogP contribution in [0.25, 0.3) is 33.9 Å². The molecule has 0 bridgehead atoms. The normalized spacial score (nSPS) is 11.2. The zero-order chi connectivity index (χ0) is 29.1. The maximum Gasteiger partial charge on any atom is 0.123 e. The predicted octanol–water partition coefficient (Wildman–Crippen LogP) is 5.09. The first-order chi connectivity index (χ1) is 19.6. The number of ether oxygens (including phenoxy) is 1. The molecule has 0 aliphatic carbocycles. The van der Waals surface area contributed by atoms with E-state index in [4.69, 9.17) is 4.74 Å². The van der Waals surface area contributed by atoms with Crippen molar-refractivity contribution in [2.45, 2.75) is 19.4 Å². The van der Waals surface area contributed by atoms with Gasteiger partial charge in [-0.2, -0.15) is 0 Å². The molecule has 0 unspecified atom stereocenters. The van der Waals surface area contributed by atoms with Gasteiger partial charge in [0.15, 0.2) is 0 Å². The molecule has 0 N–H and O–H groups in total. The van der Waals surface area contributed by atoms with Crippen LogP contribution in [0.4, 0.5) is 11.4 Å². The number of rotatable bonds is 7. The van der Waals surface area contributed by atoms with Crippen LogP contribution in [0.15, 0.2) is 79.1 Å². The molecule has 41 heavy (non-hydrogen) atoms. The third-order valence-corrected chi connectivity index (χ3v) is 6.79. The van der Waals surface area contributed by atoms with Gasteiger partial charge in [-0.25, -0.2) is 9.36 Å². The first-order valence-corrected chi connectivity index (χ1v) is 13.3. The highest BCUT2D eigenvalue weighted by atomic mass is 16.5. The van der Waals surface area contributed by atoms with E-state index in [1.165, 1.54) is 0 Å². The van der Waals surface area contributed by atoms with Crippen LogP contribution in [0.2, 0.25) is 0 Å². The number of hydrogen-bond donors (Lipinski definition) is 0. The Morgan fingerprint density at radius 3 is 1.51 bits per heavy atom. The van der Waals surface area contributed by atoms with Crippen molar-refractivity contribution in [3.8, 4) is 45.7 Å². The lowest BCUT2D eigenvalue weighted by atomic mass is 10.0. The summed E-state index contributed by atoms with van der Waals surface area (Å²) in [4.78, 5) is 4.12. The number of anilines is 2. The highest BCUT2D eigenvalue weighted by Crippen LogP contribution is 2.28. The van der Waals surface area contributed by atoms with Gasteiger partial charge in [0.1, 0.15) is 17.0 Å². The van der Waals surface area contributed by atoms with Gasteiger partial charge in [-0.1, -0.05) is 22.3 Å². The Bertz CT molecular complexity index is 1590. The van der Waals surface area contributed by atoms with E-state index in [0.29, 0.717) is 0 Å². The molecule has 2 heterocycles. The zero-order valence-electron chi connectivity index (χ0n) is 24.5. The van der Waals surface area contributed by atoms with E-state index in [-0.39, 0.29) is 0 Å². The number of nitrogens with zero attached hydrogens (tertiary/aromatic N) is 8. The molecule has 0 atom stereocenters. The van der Waals surface area contributed by atoms with Gasteiger partial charge in [0.2, 0.25) is 0 Å². The molecule has 3 aromatic carbocycles. The van der Waals surface area contributed by atoms with Crippen molar-refractivity contribution in [3.05, 3.63) is 84.7 Å². The molecular formula is C32H34N8O. The topological polar surface area (TPSA) is 77.1 Å². The van der Waals surface area contributed by atoms with Gasteiger partial charge >= 0.3 is 0 Å². The largest absolute Gasteiger partial charge is 0.378 e. The molecule has 0 aliphatic rings. The molecule has 2 aromatic heterocycles. The second-order valence-corrected chi connectivity index (χ2v) is 10.7. The van der Waals surface area contributed by atoms with Crippen LogP contribution in [0, 0.1) is 11.8 Å². The van der Waals surface area contributed by atoms with Gasteiger partial charge in [-0.3, -0.25) is 0 Å². The van der Waals surface area contributed by atoms with E-state index in [2.05, 4.69) is 66.5 Å². The van der Waals surface area contributed by atoms with Crippen molar-refractivity contribution in [2.75, 3.05) is 45.1 Å². The van der Waals surface area contributed by atoms with E-state index in [1.54, 1.807) is 16.5 Å². The maximum atomic E-state index is 5.51. The molecule has 9 nitrogen and oxygen atoms in total. The van der Waals surface area contributed by atoms with Crippen molar-refractivity contribution in [3.63, 3.8) is 0 Å². The smallest absolute Gasteiger partial charge is 0.123 e. The highest BCUT2D eigenvalue weighted by molar-refractivity contribution is 5.72. The van der Waals surface area contributed by atoms with Crippen molar-refractivity contribution in [1.29, 1.82) is 0 Å². The van der Waals surface area contributed by atoms with E-state index in [9.17, 15) is 0 Å². The van der Waals surface area contributed by atoms with Crippen LogP contribution in [0.3, 0.4) is 0 Å². The van der Waals surface area contributed by atoms with Crippen LogP contribution in [0.1, 0.15) is 19.4 Å². The molecule has 0 saturated carbocycles. The van der Waals surface area contributed by atoms with Crippen LogP contribution in [-0.4, -0.2) is 70.9 Å². The predicted molar refractivity (Wildman–Crippen MR) is 164 cm³/mol. The summed E-state index contributed by atoms with van der Waals surface area (Å²) in [7, 11) is 9.72. The van der Waals surface area contributed by atoms with Gasteiger partial charge in [0.05, 0.1) is 23.8 Å². The lowest BCUT2D eigenvalue weighted by Gasteiger charge is -2.14. The molecule has 5 rings (SSSR count).